The third kappa shape index (κ3) is 8.47. The number of aliphatic carboxylic acids is 1. The molecule has 0 unspecified atom stereocenters. The Labute approximate surface area is 169 Å². The average molecular weight is 404 g/mol. The summed E-state index contributed by atoms with van der Waals surface area (Å²) in [6, 6.07) is 0. The molecule has 0 aliphatic heterocycles. The number of rotatable bonds is 10. The molecular weight excluding hydrogens is 376 g/mol. The summed E-state index contributed by atoms with van der Waals surface area (Å²) in [4.78, 5) is 18.9. The van der Waals surface area contributed by atoms with Crippen LogP contribution in [0, 0.1) is 0 Å². The predicted molar refractivity (Wildman–Crippen MR) is 111 cm³/mol. The highest BCUT2D eigenvalue weighted by atomic mass is 16.5. The van der Waals surface area contributed by atoms with Gasteiger partial charge in [-0.25, -0.2) is 4.99 Å². The van der Waals surface area contributed by atoms with E-state index in [-0.39, 0.29) is 18.5 Å². The predicted octanol–water partition coefficient (Wildman–Crippen LogP) is 0.369. The number of aliphatic imine (C=N–C) groups is 2. The van der Waals surface area contributed by atoms with Crippen LogP contribution in [0.15, 0.2) is 45.9 Å². The second kappa shape index (κ2) is 11.5. The average Bonchev–Trinajstić information content (AvgIpc) is 3.10. The van der Waals surface area contributed by atoms with Gasteiger partial charge in [0.15, 0.2) is 0 Å². The molecule has 0 spiro atoms. The van der Waals surface area contributed by atoms with E-state index in [0.717, 1.165) is 37.0 Å². The zero-order valence-electron chi connectivity index (χ0n) is 16.3. The van der Waals surface area contributed by atoms with Gasteiger partial charge in [0.2, 0.25) is 11.9 Å². The van der Waals surface area contributed by atoms with E-state index < -0.39 is 5.97 Å². The van der Waals surface area contributed by atoms with E-state index in [4.69, 9.17) is 27.0 Å². The van der Waals surface area contributed by atoms with E-state index in [1.807, 2.05) is 12.2 Å². The molecule has 1 aliphatic rings. The maximum absolute atomic E-state index is 10.7. The summed E-state index contributed by atoms with van der Waals surface area (Å²) in [5, 5.41) is 15.4. The van der Waals surface area contributed by atoms with E-state index in [0.29, 0.717) is 25.4 Å². The summed E-state index contributed by atoms with van der Waals surface area (Å²) >= 11 is 0. The van der Waals surface area contributed by atoms with Crippen LogP contribution in [0.4, 0.5) is 5.69 Å². The van der Waals surface area contributed by atoms with Crippen molar-refractivity contribution in [1.29, 1.82) is 0 Å². The fourth-order valence-corrected chi connectivity index (χ4v) is 2.53. The SMILES string of the molecule is NCCCCOC1=CC=C(CN=C(N)N=C(N)Nc2cnn(CC(=O)O)c2)CC1. The third-order valence-corrected chi connectivity index (χ3v) is 3.97. The molecule has 0 radical (unpaired) electrons. The van der Waals surface area contributed by atoms with Crippen molar-refractivity contribution in [3.8, 4) is 0 Å². The first-order chi connectivity index (χ1) is 14.0. The number of ether oxygens (including phenoxy) is 1. The van der Waals surface area contributed by atoms with Crippen LogP contribution in [0.3, 0.4) is 0 Å². The van der Waals surface area contributed by atoms with E-state index >= 15 is 0 Å². The van der Waals surface area contributed by atoms with Crippen molar-refractivity contribution in [3.05, 3.63) is 35.9 Å². The number of allylic oxidation sites excluding steroid dienone is 3. The number of nitrogens with two attached hydrogens (primary N) is 3. The van der Waals surface area contributed by atoms with Crippen molar-refractivity contribution in [2.75, 3.05) is 25.0 Å². The fraction of sp³-hybridized carbons (Fsp3) is 0.444. The highest BCUT2D eigenvalue weighted by Crippen LogP contribution is 2.19. The van der Waals surface area contributed by atoms with Crippen LogP contribution in [-0.2, 0) is 16.1 Å². The zero-order valence-corrected chi connectivity index (χ0v) is 16.3. The number of carboxylic acids is 1. The highest BCUT2D eigenvalue weighted by molar-refractivity contribution is 6.00. The second-order valence-electron chi connectivity index (χ2n) is 6.42. The molecule has 2 rings (SSSR count). The molecule has 8 N–H and O–H groups in total. The van der Waals surface area contributed by atoms with Crippen molar-refractivity contribution in [3.63, 3.8) is 0 Å². The Morgan fingerprint density at radius 2 is 2.14 bits per heavy atom. The number of carbonyl (C=O) groups is 1. The van der Waals surface area contributed by atoms with E-state index in [2.05, 4.69) is 20.4 Å². The van der Waals surface area contributed by atoms with Gasteiger partial charge in [-0.05, 0) is 37.5 Å². The van der Waals surface area contributed by atoms with Crippen molar-refractivity contribution >= 4 is 23.6 Å². The quantitative estimate of drug-likeness (QED) is 0.211. The van der Waals surface area contributed by atoms with Crippen molar-refractivity contribution in [2.24, 2.45) is 27.2 Å². The third-order valence-electron chi connectivity index (χ3n) is 3.97. The molecule has 11 heteroatoms. The van der Waals surface area contributed by atoms with Crippen molar-refractivity contribution < 1.29 is 14.6 Å². The Hall–Kier alpha value is -3.34. The topological polar surface area (TPSA) is 179 Å². The first-order valence-electron chi connectivity index (χ1n) is 9.33. The number of unbranched alkanes of at least 4 members (excludes halogenated alkanes) is 1. The van der Waals surface area contributed by atoms with Crippen LogP contribution in [0.2, 0.25) is 0 Å². The van der Waals surface area contributed by atoms with Crippen LogP contribution in [0.25, 0.3) is 0 Å². The lowest BCUT2D eigenvalue weighted by Gasteiger charge is -2.14. The normalized spacial score (nSPS) is 14.9. The van der Waals surface area contributed by atoms with Gasteiger partial charge in [0.05, 0.1) is 30.8 Å². The van der Waals surface area contributed by atoms with Crippen LogP contribution in [0.5, 0.6) is 0 Å². The summed E-state index contributed by atoms with van der Waals surface area (Å²) in [5.41, 5.74) is 18.7. The number of nitrogens with zero attached hydrogens (tertiary/aromatic N) is 4. The molecule has 1 heterocycles. The number of carboxylic acid groups (broad SMARTS) is 1. The lowest BCUT2D eigenvalue weighted by atomic mass is 10.0. The van der Waals surface area contributed by atoms with Gasteiger partial charge in [0.1, 0.15) is 6.54 Å². The Bertz CT molecular complexity index is 810. The Morgan fingerprint density at radius 1 is 1.31 bits per heavy atom. The molecule has 1 aromatic heterocycles. The Balaban J connectivity index is 1.81. The zero-order chi connectivity index (χ0) is 21.1. The minimum atomic E-state index is -0.991. The van der Waals surface area contributed by atoms with Gasteiger partial charge in [-0.3, -0.25) is 9.48 Å². The molecule has 29 heavy (non-hydrogen) atoms. The maximum Gasteiger partial charge on any atom is 0.325 e. The van der Waals surface area contributed by atoms with Crippen LogP contribution in [-0.4, -0.2) is 52.5 Å². The maximum atomic E-state index is 10.7. The summed E-state index contributed by atoms with van der Waals surface area (Å²) in [6.07, 6.45) is 10.5. The van der Waals surface area contributed by atoms with Gasteiger partial charge < -0.3 is 32.4 Å². The van der Waals surface area contributed by atoms with Gasteiger partial charge in [-0.1, -0.05) is 6.08 Å². The minimum Gasteiger partial charge on any atom is -0.498 e. The molecule has 0 bridgehead atoms. The fourth-order valence-electron chi connectivity index (χ4n) is 2.53. The summed E-state index contributed by atoms with van der Waals surface area (Å²) in [5.74, 6) is 0.0564. The molecule has 0 saturated heterocycles. The molecule has 0 saturated carbocycles. The molecule has 158 valence electrons. The van der Waals surface area contributed by atoms with Gasteiger partial charge in [0.25, 0.3) is 0 Å². The molecule has 0 aromatic carbocycles. The van der Waals surface area contributed by atoms with Gasteiger partial charge >= 0.3 is 5.97 Å². The largest absolute Gasteiger partial charge is 0.498 e. The first kappa shape index (κ1) is 22.0. The molecule has 1 aliphatic carbocycles. The van der Waals surface area contributed by atoms with Crippen molar-refractivity contribution in [2.45, 2.75) is 32.2 Å². The molecule has 0 fully saturated rings. The number of aromatic nitrogens is 2. The van der Waals surface area contributed by atoms with Crippen LogP contribution < -0.4 is 22.5 Å². The molecule has 0 atom stereocenters. The Morgan fingerprint density at radius 3 is 2.83 bits per heavy atom. The highest BCUT2D eigenvalue weighted by Gasteiger charge is 2.08. The summed E-state index contributed by atoms with van der Waals surface area (Å²) in [7, 11) is 0. The number of hydrogen-bond acceptors (Lipinski definition) is 5. The number of anilines is 1. The summed E-state index contributed by atoms with van der Waals surface area (Å²) < 4.78 is 6.96. The number of guanidine groups is 2. The van der Waals surface area contributed by atoms with Gasteiger partial charge in [-0.2, -0.15) is 10.1 Å². The lowest BCUT2D eigenvalue weighted by Crippen LogP contribution is -2.26. The second-order valence-corrected chi connectivity index (χ2v) is 6.42. The van der Waals surface area contributed by atoms with E-state index in [1.165, 1.54) is 17.1 Å². The smallest absolute Gasteiger partial charge is 0.325 e. The Kier molecular flexibility index (Phi) is 8.70. The summed E-state index contributed by atoms with van der Waals surface area (Å²) in [6.45, 7) is 1.55. The minimum absolute atomic E-state index is 0.0341. The molecule has 0 amide bonds. The van der Waals surface area contributed by atoms with Crippen molar-refractivity contribution in [1.82, 2.24) is 9.78 Å². The first-order valence-corrected chi connectivity index (χ1v) is 9.33. The number of hydrogen-bond donors (Lipinski definition) is 5. The standard InChI is InChI=1S/C18H28N8O3/c19-7-1-2-8-29-15-5-3-13(4-6-15)9-22-17(20)25-18(21)24-14-10-23-26(11-14)12-16(27)28/h3,5,10-11H,1-2,4,6-9,12,19H2,(H,27,28)(H5,20,21,22,24,25). The molecule has 1 aromatic rings. The van der Waals surface area contributed by atoms with Gasteiger partial charge in [0, 0.05) is 12.6 Å². The van der Waals surface area contributed by atoms with E-state index in [9.17, 15) is 4.79 Å². The lowest BCUT2D eigenvalue weighted by molar-refractivity contribution is -0.137. The molecular formula is C18H28N8O3. The monoisotopic (exact) mass is 404 g/mol. The van der Waals surface area contributed by atoms with Gasteiger partial charge in [-0.15, -0.1) is 0 Å². The van der Waals surface area contributed by atoms with Crippen LogP contribution in [0.1, 0.15) is 25.7 Å². The molecule has 11 nitrogen and oxygen atoms in total. The van der Waals surface area contributed by atoms with Crippen LogP contribution >= 0.6 is 0 Å². The van der Waals surface area contributed by atoms with E-state index in [1.54, 1.807) is 0 Å². The number of nitrogens with one attached hydrogen (secondary N) is 1.